The number of nitrogens with one attached hydrogen (secondary N) is 1. The molecule has 3 aromatic rings. The van der Waals surface area contributed by atoms with Crippen LogP contribution in [0.1, 0.15) is 31.4 Å². The molecule has 0 aliphatic rings. The molecule has 0 radical (unpaired) electrons. The number of anilines is 1. The lowest BCUT2D eigenvalue weighted by Crippen LogP contribution is -2.53. The molecule has 3 aromatic carbocycles. The average molecular weight is 582 g/mol. The smallest absolute Gasteiger partial charge is 0.244 e. The first kappa shape index (κ1) is 31.5. The molecule has 1 N–H and O–H groups in total. The number of amides is 2. The van der Waals surface area contributed by atoms with Crippen LogP contribution in [-0.4, -0.2) is 64.2 Å². The van der Waals surface area contributed by atoms with E-state index in [0.29, 0.717) is 30.3 Å². The Labute approximate surface area is 243 Å². The van der Waals surface area contributed by atoms with Gasteiger partial charge in [0.25, 0.3) is 0 Å². The molecule has 10 heteroatoms. The number of benzene rings is 3. The van der Waals surface area contributed by atoms with E-state index in [2.05, 4.69) is 5.32 Å². The van der Waals surface area contributed by atoms with Gasteiger partial charge in [-0.3, -0.25) is 13.9 Å². The highest BCUT2D eigenvalue weighted by Gasteiger charge is 2.33. The number of methoxy groups -OCH3 is 1. The third kappa shape index (κ3) is 9.24. The van der Waals surface area contributed by atoms with E-state index in [1.165, 1.54) is 4.90 Å². The molecular weight excluding hydrogens is 542 g/mol. The van der Waals surface area contributed by atoms with Gasteiger partial charge in [-0.05, 0) is 60.9 Å². The van der Waals surface area contributed by atoms with Gasteiger partial charge < -0.3 is 19.7 Å². The second-order valence-electron chi connectivity index (χ2n) is 9.57. The quantitative estimate of drug-likeness (QED) is 0.291. The minimum atomic E-state index is -3.85. The van der Waals surface area contributed by atoms with Crippen molar-refractivity contribution in [3.8, 4) is 11.5 Å². The molecule has 0 heterocycles. The fourth-order valence-corrected chi connectivity index (χ4v) is 5.23. The first-order valence-electron chi connectivity index (χ1n) is 13.6. The second kappa shape index (κ2) is 15.1. The first-order valence-corrected chi connectivity index (χ1v) is 15.5. The summed E-state index contributed by atoms with van der Waals surface area (Å²) in [7, 11) is -2.29. The topological polar surface area (TPSA) is 105 Å². The van der Waals surface area contributed by atoms with E-state index in [-0.39, 0.29) is 18.9 Å². The number of carbonyl (C=O) groups is 2. The van der Waals surface area contributed by atoms with Crippen molar-refractivity contribution >= 4 is 27.5 Å². The van der Waals surface area contributed by atoms with Gasteiger partial charge in [-0.25, -0.2) is 8.42 Å². The first-order chi connectivity index (χ1) is 19.7. The summed E-state index contributed by atoms with van der Waals surface area (Å²) < 4.78 is 37.7. The van der Waals surface area contributed by atoms with E-state index in [9.17, 15) is 18.0 Å². The van der Waals surface area contributed by atoms with E-state index < -0.39 is 28.5 Å². The van der Waals surface area contributed by atoms with Gasteiger partial charge >= 0.3 is 0 Å². The highest BCUT2D eigenvalue weighted by atomic mass is 32.2. The number of rotatable bonds is 15. The normalized spacial score (nSPS) is 11.8. The van der Waals surface area contributed by atoms with Crippen LogP contribution >= 0.6 is 0 Å². The molecule has 0 saturated carbocycles. The highest BCUT2D eigenvalue weighted by molar-refractivity contribution is 7.92. The van der Waals surface area contributed by atoms with E-state index in [4.69, 9.17) is 9.47 Å². The lowest BCUT2D eigenvalue weighted by atomic mass is 10.0. The zero-order valence-electron chi connectivity index (χ0n) is 24.1. The lowest BCUT2D eigenvalue weighted by Gasteiger charge is -2.33. The summed E-state index contributed by atoms with van der Waals surface area (Å²) in [6, 6.07) is 22.3. The number of ether oxygens (including phenoxy) is 2. The molecular formula is C31H39N3O6S. The third-order valence-corrected chi connectivity index (χ3v) is 7.56. The Morgan fingerprint density at radius 2 is 1.59 bits per heavy atom. The van der Waals surface area contributed by atoms with Gasteiger partial charge in [0.05, 0.1) is 25.7 Å². The lowest BCUT2D eigenvalue weighted by molar-refractivity contribution is -0.140. The van der Waals surface area contributed by atoms with Crippen LogP contribution in [0.15, 0.2) is 78.9 Å². The van der Waals surface area contributed by atoms with Crippen molar-refractivity contribution in [2.75, 3.05) is 37.4 Å². The Bertz CT molecular complexity index is 1380. The van der Waals surface area contributed by atoms with Gasteiger partial charge in [0.2, 0.25) is 21.8 Å². The van der Waals surface area contributed by atoms with Crippen molar-refractivity contribution in [3.63, 3.8) is 0 Å². The Balaban J connectivity index is 2.03. The van der Waals surface area contributed by atoms with Crippen molar-refractivity contribution < 1.29 is 27.5 Å². The monoisotopic (exact) mass is 581 g/mol. The van der Waals surface area contributed by atoms with Crippen LogP contribution in [0.5, 0.6) is 11.5 Å². The second-order valence-corrected chi connectivity index (χ2v) is 11.5. The molecule has 220 valence electrons. The Hall–Kier alpha value is -4.05. The zero-order valence-corrected chi connectivity index (χ0v) is 24.9. The molecule has 9 nitrogen and oxygen atoms in total. The molecule has 0 fully saturated rings. The zero-order chi connectivity index (χ0) is 29.8. The SMILES string of the molecule is CCCNC(=O)[C@H](Cc1ccccc1)N(Cc1cccc(OC)c1)C(=O)CN(c1ccc(OCC)cc1)S(C)(=O)=O. The fourth-order valence-electron chi connectivity index (χ4n) is 4.38. The predicted octanol–water partition coefficient (Wildman–Crippen LogP) is 4.03. The summed E-state index contributed by atoms with van der Waals surface area (Å²) in [4.78, 5) is 29.1. The number of carbonyl (C=O) groups excluding carboxylic acids is 2. The van der Waals surface area contributed by atoms with E-state index >= 15 is 0 Å². The number of sulfonamides is 1. The van der Waals surface area contributed by atoms with Gasteiger partial charge in [0.15, 0.2) is 0 Å². The fraction of sp³-hybridized carbons (Fsp3) is 0.355. The van der Waals surface area contributed by atoms with Crippen LogP contribution in [0.25, 0.3) is 0 Å². The van der Waals surface area contributed by atoms with Crippen molar-refractivity contribution in [3.05, 3.63) is 90.0 Å². The summed E-state index contributed by atoms with van der Waals surface area (Å²) >= 11 is 0. The maximum absolute atomic E-state index is 14.1. The van der Waals surface area contributed by atoms with Gasteiger partial charge in [-0.2, -0.15) is 0 Å². The van der Waals surface area contributed by atoms with Crippen LogP contribution in [0.4, 0.5) is 5.69 Å². The minimum absolute atomic E-state index is 0.0773. The molecule has 0 aromatic heterocycles. The molecule has 0 aliphatic carbocycles. The predicted molar refractivity (Wildman–Crippen MR) is 161 cm³/mol. The molecule has 2 amide bonds. The van der Waals surface area contributed by atoms with Crippen LogP contribution < -0.4 is 19.1 Å². The summed E-state index contributed by atoms with van der Waals surface area (Å²) in [6.45, 7) is 4.32. The van der Waals surface area contributed by atoms with Crippen molar-refractivity contribution in [2.45, 2.75) is 39.3 Å². The van der Waals surface area contributed by atoms with Crippen molar-refractivity contribution in [2.24, 2.45) is 0 Å². The molecule has 0 saturated heterocycles. The van der Waals surface area contributed by atoms with E-state index in [1.807, 2.05) is 56.3 Å². The van der Waals surface area contributed by atoms with E-state index in [1.54, 1.807) is 43.5 Å². The van der Waals surface area contributed by atoms with Gasteiger partial charge in [-0.15, -0.1) is 0 Å². The van der Waals surface area contributed by atoms with Crippen LogP contribution in [-0.2, 0) is 32.6 Å². The number of hydrogen-bond acceptors (Lipinski definition) is 6. The van der Waals surface area contributed by atoms with Crippen LogP contribution in [0, 0.1) is 0 Å². The van der Waals surface area contributed by atoms with Crippen molar-refractivity contribution in [1.29, 1.82) is 0 Å². The third-order valence-electron chi connectivity index (χ3n) is 6.42. The molecule has 0 spiro atoms. The molecule has 1 atom stereocenters. The molecule has 41 heavy (non-hydrogen) atoms. The number of hydrogen-bond donors (Lipinski definition) is 1. The van der Waals surface area contributed by atoms with Crippen LogP contribution in [0.2, 0.25) is 0 Å². The maximum Gasteiger partial charge on any atom is 0.244 e. The Morgan fingerprint density at radius 3 is 2.20 bits per heavy atom. The summed E-state index contributed by atoms with van der Waals surface area (Å²) in [5, 5.41) is 2.93. The summed E-state index contributed by atoms with van der Waals surface area (Å²) in [5.74, 6) is 0.377. The maximum atomic E-state index is 14.1. The van der Waals surface area contributed by atoms with Crippen LogP contribution in [0.3, 0.4) is 0 Å². The van der Waals surface area contributed by atoms with Gasteiger partial charge in [0.1, 0.15) is 24.1 Å². The molecule has 0 bridgehead atoms. The standard InChI is InChI=1S/C31H39N3O6S/c1-5-19-32-31(36)29(21-24-11-8-7-9-12-24)33(22-25-13-10-14-28(20-25)39-3)30(35)23-34(41(4,37)38)26-15-17-27(18-16-26)40-6-2/h7-18,20,29H,5-6,19,21-23H2,1-4H3,(H,32,36)/t29-/m0/s1. The molecule has 0 unspecified atom stereocenters. The summed E-state index contributed by atoms with van der Waals surface area (Å²) in [5.41, 5.74) is 1.94. The van der Waals surface area contributed by atoms with E-state index in [0.717, 1.165) is 28.1 Å². The summed E-state index contributed by atoms with van der Waals surface area (Å²) in [6.07, 6.45) is 2.04. The Morgan fingerprint density at radius 1 is 0.902 bits per heavy atom. The number of nitrogens with zero attached hydrogens (tertiary/aromatic N) is 2. The van der Waals surface area contributed by atoms with Gasteiger partial charge in [-0.1, -0.05) is 49.4 Å². The minimum Gasteiger partial charge on any atom is -0.497 e. The van der Waals surface area contributed by atoms with Gasteiger partial charge in [0, 0.05) is 19.5 Å². The highest BCUT2D eigenvalue weighted by Crippen LogP contribution is 2.24. The van der Waals surface area contributed by atoms with Crippen molar-refractivity contribution in [1.82, 2.24) is 10.2 Å². The molecule has 0 aliphatic heterocycles. The average Bonchev–Trinajstić information content (AvgIpc) is 2.97. The molecule has 3 rings (SSSR count). The largest absolute Gasteiger partial charge is 0.497 e. The Kier molecular flexibility index (Phi) is 11.6.